The summed E-state index contributed by atoms with van der Waals surface area (Å²) in [6.45, 7) is 9.29. The average Bonchev–Trinajstić information content (AvgIpc) is 2.73. The van der Waals surface area contributed by atoms with Gasteiger partial charge in [0.1, 0.15) is 5.52 Å². The zero-order chi connectivity index (χ0) is 14.1. The van der Waals surface area contributed by atoms with Gasteiger partial charge in [0.25, 0.3) is 0 Å². The molecule has 1 aromatic heterocycles. The molecule has 0 atom stereocenters. The van der Waals surface area contributed by atoms with Crippen LogP contribution in [0.15, 0.2) is 29.0 Å². The number of fused-ring (bicyclic) bond motifs is 1. The minimum absolute atomic E-state index is 0.0355. The van der Waals surface area contributed by atoms with E-state index >= 15 is 0 Å². The van der Waals surface area contributed by atoms with Crippen molar-refractivity contribution in [2.45, 2.75) is 38.7 Å². The van der Waals surface area contributed by atoms with E-state index in [1.807, 2.05) is 12.1 Å². The van der Waals surface area contributed by atoms with Crippen LogP contribution in [-0.2, 0) is 5.41 Å². The van der Waals surface area contributed by atoms with Crippen molar-refractivity contribution in [2.24, 2.45) is 0 Å². The highest BCUT2D eigenvalue weighted by molar-refractivity contribution is 5.73. The van der Waals surface area contributed by atoms with Crippen molar-refractivity contribution in [3.63, 3.8) is 0 Å². The average molecular weight is 262 g/mol. The van der Waals surface area contributed by atoms with Gasteiger partial charge in [-0.2, -0.15) is 0 Å². The summed E-state index contributed by atoms with van der Waals surface area (Å²) in [6, 6.07) is 6.09. The molecule has 2 N–H and O–H groups in total. The zero-order valence-corrected chi connectivity index (χ0v) is 12.0. The Labute approximate surface area is 113 Å². The Bertz CT molecular complexity index is 553. The minimum atomic E-state index is -0.690. The number of nitrogens with one attached hydrogen (secondary N) is 1. The third kappa shape index (κ3) is 3.55. The number of rotatable bonds is 5. The molecule has 0 amide bonds. The molecule has 0 radical (unpaired) electrons. The molecule has 0 aliphatic rings. The van der Waals surface area contributed by atoms with Crippen molar-refractivity contribution in [3.05, 3.63) is 30.2 Å². The first kappa shape index (κ1) is 14.0. The molecular formula is C15H22N2O2. The molecular weight excluding hydrogens is 240 g/mol. The second kappa shape index (κ2) is 4.94. The fourth-order valence-electron chi connectivity index (χ4n) is 2.06. The highest BCUT2D eigenvalue weighted by Crippen LogP contribution is 2.25. The predicted octanol–water partition coefficient (Wildman–Crippen LogP) is 2.47. The molecule has 1 aromatic carbocycles. The van der Waals surface area contributed by atoms with Crippen molar-refractivity contribution in [2.75, 3.05) is 13.1 Å². The standard InChI is InChI=1S/C15H22N2O2/c1-14(2,8-16-9-15(3,4)18)11-5-6-12-13(7-11)19-10-17-12/h5-7,10,16,18H,8-9H2,1-4H3. The van der Waals surface area contributed by atoms with E-state index in [1.165, 1.54) is 12.0 Å². The van der Waals surface area contributed by atoms with Crippen LogP contribution in [-0.4, -0.2) is 28.8 Å². The van der Waals surface area contributed by atoms with Crippen LogP contribution in [0.5, 0.6) is 0 Å². The smallest absolute Gasteiger partial charge is 0.181 e. The number of oxazole rings is 1. The zero-order valence-electron chi connectivity index (χ0n) is 12.0. The van der Waals surface area contributed by atoms with Gasteiger partial charge in [0, 0.05) is 18.5 Å². The lowest BCUT2D eigenvalue weighted by Gasteiger charge is -2.27. The van der Waals surface area contributed by atoms with Gasteiger partial charge in [-0.1, -0.05) is 19.9 Å². The Morgan fingerprint density at radius 1 is 1.21 bits per heavy atom. The molecule has 0 aliphatic carbocycles. The fourth-order valence-corrected chi connectivity index (χ4v) is 2.06. The topological polar surface area (TPSA) is 58.3 Å². The van der Waals surface area contributed by atoms with Gasteiger partial charge in [-0.15, -0.1) is 0 Å². The van der Waals surface area contributed by atoms with Crippen LogP contribution in [0.3, 0.4) is 0 Å². The van der Waals surface area contributed by atoms with Gasteiger partial charge in [-0.05, 0) is 31.5 Å². The summed E-state index contributed by atoms with van der Waals surface area (Å²) in [7, 11) is 0. The number of aromatic nitrogens is 1. The van der Waals surface area contributed by atoms with Crippen LogP contribution < -0.4 is 5.32 Å². The van der Waals surface area contributed by atoms with E-state index in [4.69, 9.17) is 4.42 Å². The quantitative estimate of drug-likeness (QED) is 0.869. The molecule has 0 bridgehead atoms. The SMILES string of the molecule is CC(C)(O)CNCC(C)(C)c1ccc2ncoc2c1. The maximum absolute atomic E-state index is 9.71. The largest absolute Gasteiger partial charge is 0.443 e. The third-order valence-electron chi connectivity index (χ3n) is 3.24. The summed E-state index contributed by atoms with van der Waals surface area (Å²) in [5.41, 5.74) is 2.16. The molecule has 0 fully saturated rings. The number of nitrogens with zero attached hydrogens (tertiary/aromatic N) is 1. The Morgan fingerprint density at radius 3 is 2.63 bits per heavy atom. The van der Waals surface area contributed by atoms with E-state index in [0.717, 1.165) is 17.6 Å². The highest BCUT2D eigenvalue weighted by atomic mass is 16.3. The van der Waals surface area contributed by atoms with Crippen LogP contribution in [0, 0.1) is 0 Å². The predicted molar refractivity (Wildman–Crippen MR) is 76.2 cm³/mol. The lowest BCUT2D eigenvalue weighted by molar-refractivity contribution is 0.0785. The van der Waals surface area contributed by atoms with E-state index in [0.29, 0.717) is 6.54 Å². The molecule has 0 aliphatic heterocycles. The number of hydrogen-bond acceptors (Lipinski definition) is 4. The normalized spacial score (nSPS) is 13.1. The molecule has 2 rings (SSSR count). The second-order valence-corrected chi connectivity index (χ2v) is 6.33. The van der Waals surface area contributed by atoms with Crippen LogP contribution >= 0.6 is 0 Å². The van der Waals surface area contributed by atoms with Gasteiger partial charge in [0.05, 0.1) is 5.60 Å². The van der Waals surface area contributed by atoms with Crippen LogP contribution in [0.1, 0.15) is 33.3 Å². The summed E-state index contributed by atoms with van der Waals surface area (Å²) in [6.07, 6.45) is 1.47. The van der Waals surface area contributed by atoms with Gasteiger partial charge in [0.15, 0.2) is 12.0 Å². The monoisotopic (exact) mass is 262 g/mol. The summed E-state index contributed by atoms with van der Waals surface area (Å²) < 4.78 is 5.34. The van der Waals surface area contributed by atoms with Crippen molar-refractivity contribution >= 4 is 11.1 Å². The summed E-state index contributed by atoms with van der Waals surface area (Å²) in [5, 5.41) is 13.0. The number of aliphatic hydroxyl groups is 1. The Hall–Kier alpha value is -1.39. The summed E-state index contributed by atoms with van der Waals surface area (Å²) >= 11 is 0. The van der Waals surface area contributed by atoms with Crippen molar-refractivity contribution < 1.29 is 9.52 Å². The lowest BCUT2D eigenvalue weighted by Crippen LogP contribution is -2.41. The fraction of sp³-hybridized carbons (Fsp3) is 0.533. The Kier molecular flexibility index (Phi) is 3.65. The van der Waals surface area contributed by atoms with E-state index in [9.17, 15) is 5.11 Å². The molecule has 19 heavy (non-hydrogen) atoms. The first-order valence-corrected chi connectivity index (χ1v) is 6.55. The summed E-state index contributed by atoms with van der Waals surface area (Å²) in [5.74, 6) is 0. The van der Waals surface area contributed by atoms with Gasteiger partial charge in [-0.25, -0.2) is 4.98 Å². The van der Waals surface area contributed by atoms with E-state index in [-0.39, 0.29) is 5.41 Å². The first-order valence-electron chi connectivity index (χ1n) is 6.55. The molecule has 0 saturated carbocycles. The van der Waals surface area contributed by atoms with Gasteiger partial charge in [-0.3, -0.25) is 0 Å². The molecule has 4 heteroatoms. The van der Waals surface area contributed by atoms with Crippen LogP contribution in [0.2, 0.25) is 0 Å². The molecule has 0 spiro atoms. The highest BCUT2D eigenvalue weighted by Gasteiger charge is 2.22. The van der Waals surface area contributed by atoms with Gasteiger partial charge < -0.3 is 14.8 Å². The molecule has 2 aromatic rings. The van der Waals surface area contributed by atoms with E-state index in [1.54, 1.807) is 13.8 Å². The van der Waals surface area contributed by atoms with Crippen molar-refractivity contribution in [3.8, 4) is 0 Å². The van der Waals surface area contributed by atoms with Crippen LogP contribution in [0.25, 0.3) is 11.1 Å². The van der Waals surface area contributed by atoms with Gasteiger partial charge >= 0.3 is 0 Å². The van der Waals surface area contributed by atoms with Crippen molar-refractivity contribution in [1.29, 1.82) is 0 Å². The molecule has 0 saturated heterocycles. The van der Waals surface area contributed by atoms with Crippen molar-refractivity contribution in [1.82, 2.24) is 10.3 Å². The third-order valence-corrected chi connectivity index (χ3v) is 3.24. The van der Waals surface area contributed by atoms with E-state index in [2.05, 4.69) is 30.2 Å². The van der Waals surface area contributed by atoms with Crippen LogP contribution in [0.4, 0.5) is 0 Å². The minimum Gasteiger partial charge on any atom is -0.443 e. The Morgan fingerprint density at radius 2 is 1.95 bits per heavy atom. The molecule has 4 nitrogen and oxygen atoms in total. The number of benzene rings is 1. The molecule has 0 unspecified atom stereocenters. The maximum atomic E-state index is 9.71. The molecule has 104 valence electrons. The van der Waals surface area contributed by atoms with E-state index < -0.39 is 5.60 Å². The lowest BCUT2D eigenvalue weighted by atomic mass is 9.84. The number of hydrogen-bond donors (Lipinski definition) is 2. The molecule has 1 heterocycles. The first-order chi connectivity index (χ1) is 8.78. The summed E-state index contributed by atoms with van der Waals surface area (Å²) in [4.78, 5) is 4.12. The second-order valence-electron chi connectivity index (χ2n) is 6.33. The Balaban J connectivity index is 2.09. The van der Waals surface area contributed by atoms with Gasteiger partial charge in [0.2, 0.25) is 0 Å². The maximum Gasteiger partial charge on any atom is 0.181 e.